The van der Waals surface area contributed by atoms with Gasteiger partial charge < -0.3 is 15.9 Å². The number of nitrogens with two attached hydrogens (primary N) is 1. The van der Waals surface area contributed by atoms with Gasteiger partial charge in [-0.2, -0.15) is 0 Å². The molecule has 0 aromatic carbocycles. The Kier molecular flexibility index (Phi) is 5.86. The molecule has 1 aliphatic rings. The van der Waals surface area contributed by atoms with Gasteiger partial charge in [-0.25, -0.2) is 4.68 Å². The molecule has 1 aliphatic carbocycles. The van der Waals surface area contributed by atoms with Gasteiger partial charge >= 0.3 is 0 Å². The first-order valence-electron chi connectivity index (χ1n) is 7.29. The molecule has 0 aliphatic heterocycles. The molecule has 1 fully saturated rings. The van der Waals surface area contributed by atoms with E-state index in [4.69, 9.17) is 10.6 Å². The molecule has 2 rings (SSSR count). The first-order valence-corrected chi connectivity index (χ1v) is 8.28. The van der Waals surface area contributed by atoms with Crippen molar-refractivity contribution >= 4 is 17.7 Å². The van der Waals surface area contributed by atoms with Crippen LogP contribution >= 0.6 is 11.8 Å². The maximum absolute atomic E-state index is 11.7. The highest BCUT2D eigenvalue weighted by Crippen LogP contribution is 2.39. The summed E-state index contributed by atoms with van der Waals surface area (Å²) in [5, 5.41) is 11.5. The van der Waals surface area contributed by atoms with Gasteiger partial charge in [-0.3, -0.25) is 4.79 Å². The number of amides is 1. The van der Waals surface area contributed by atoms with Gasteiger partial charge in [0.2, 0.25) is 11.1 Å². The molecule has 0 bridgehead atoms. The van der Waals surface area contributed by atoms with Gasteiger partial charge in [0.25, 0.3) is 0 Å². The summed E-state index contributed by atoms with van der Waals surface area (Å²) >= 11 is 1.31. The van der Waals surface area contributed by atoms with Crippen LogP contribution in [0.15, 0.2) is 5.16 Å². The highest BCUT2D eigenvalue weighted by molar-refractivity contribution is 7.99. The summed E-state index contributed by atoms with van der Waals surface area (Å²) in [6, 6.07) is 0. The van der Waals surface area contributed by atoms with Crippen molar-refractivity contribution in [3.63, 3.8) is 0 Å². The van der Waals surface area contributed by atoms with Gasteiger partial charge in [0.1, 0.15) is 0 Å². The average Bonchev–Trinajstić information content (AvgIpc) is 3.20. The quantitative estimate of drug-likeness (QED) is 0.399. The zero-order valence-corrected chi connectivity index (χ0v) is 13.4. The Labute approximate surface area is 129 Å². The summed E-state index contributed by atoms with van der Waals surface area (Å²) in [5.74, 6) is 7.46. The number of hydrogen-bond donors (Lipinski definition) is 2. The Bertz CT molecular complexity index is 473. The Morgan fingerprint density at radius 1 is 1.52 bits per heavy atom. The zero-order chi connectivity index (χ0) is 15.2. The number of nitrogen functional groups attached to an aromatic ring is 1. The second-order valence-electron chi connectivity index (χ2n) is 5.40. The predicted molar refractivity (Wildman–Crippen MR) is 81.6 cm³/mol. The monoisotopic (exact) mass is 313 g/mol. The van der Waals surface area contributed by atoms with Crippen LogP contribution in [-0.4, -0.2) is 45.8 Å². The van der Waals surface area contributed by atoms with Crippen LogP contribution in [0.2, 0.25) is 0 Å². The van der Waals surface area contributed by atoms with Crippen LogP contribution in [0.4, 0.5) is 0 Å². The van der Waals surface area contributed by atoms with Gasteiger partial charge in [0, 0.05) is 19.1 Å². The number of ether oxygens (including phenoxy) is 1. The molecular formula is C13H23N5O2S. The average molecular weight is 313 g/mol. The van der Waals surface area contributed by atoms with Crippen molar-refractivity contribution in [1.29, 1.82) is 0 Å². The first kappa shape index (κ1) is 16.1. The lowest BCUT2D eigenvalue weighted by Crippen LogP contribution is -2.27. The van der Waals surface area contributed by atoms with Crippen LogP contribution in [0.1, 0.15) is 44.9 Å². The molecule has 3 N–H and O–H groups in total. The molecule has 0 unspecified atom stereocenters. The summed E-state index contributed by atoms with van der Waals surface area (Å²) in [6.45, 7) is 5.27. The maximum atomic E-state index is 11.7. The highest BCUT2D eigenvalue weighted by atomic mass is 32.2. The minimum Gasteiger partial charge on any atom is -0.379 e. The first-order chi connectivity index (χ1) is 10.1. The molecule has 8 heteroatoms. The van der Waals surface area contributed by atoms with Crippen LogP contribution in [0.5, 0.6) is 0 Å². The molecule has 1 aromatic heterocycles. The van der Waals surface area contributed by atoms with Crippen LogP contribution in [0, 0.1) is 0 Å². The Hall–Kier alpha value is -1.28. The third kappa shape index (κ3) is 5.20. The number of aromatic nitrogens is 3. The fraction of sp³-hybridized carbons (Fsp3) is 0.769. The molecule has 7 nitrogen and oxygen atoms in total. The smallest absolute Gasteiger partial charge is 0.230 e. The van der Waals surface area contributed by atoms with E-state index in [1.54, 1.807) is 0 Å². The minimum atomic E-state index is -0.0273. The SMILES string of the molecule is CC(C)OCCCNC(=O)CSc1nnc(C2CC2)n1N. The minimum absolute atomic E-state index is 0.0273. The number of carbonyl (C=O) groups is 1. The second kappa shape index (κ2) is 7.65. The zero-order valence-electron chi connectivity index (χ0n) is 12.5. The van der Waals surface area contributed by atoms with Crippen molar-refractivity contribution in [3.8, 4) is 0 Å². The largest absolute Gasteiger partial charge is 0.379 e. The second-order valence-corrected chi connectivity index (χ2v) is 6.34. The van der Waals surface area contributed by atoms with Crippen molar-refractivity contribution in [1.82, 2.24) is 20.2 Å². The van der Waals surface area contributed by atoms with Gasteiger partial charge in [0.05, 0.1) is 11.9 Å². The molecule has 1 aromatic rings. The molecule has 1 saturated carbocycles. The number of hydrogen-bond acceptors (Lipinski definition) is 6. The number of nitrogens with zero attached hydrogens (tertiary/aromatic N) is 3. The van der Waals surface area contributed by atoms with E-state index in [0.29, 0.717) is 30.0 Å². The Morgan fingerprint density at radius 2 is 2.29 bits per heavy atom. The van der Waals surface area contributed by atoms with Gasteiger partial charge in [0.15, 0.2) is 5.82 Å². The number of nitrogens with one attached hydrogen (secondary N) is 1. The van der Waals surface area contributed by atoms with E-state index in [2.05, 4.69) is 15.5 Å². The molecule has 1 amide bonds. The van der Waals surface area contributed by atoms with E-state index in [1.807, 2.05) is 13.8 Å². The predicted octanol–water partition coefficient (Wildman–Crippen LogP) is 0.893. The van der Waals surface area contributed by atoms with Crippen molar-refractivity contribution in [2.24, 2.45) is 0 Å². The summed E-state index contributed by atoms with van der Waals surface area (Å²) in [7, 11) is 0. The number of rotatable bonds is 9. The lowest BCUT2D eigenvalue weighted by Gasteiger charge is -2.08. The number of thioether (sulfide) groups is 1. The molecule has 21 heavy (non-hydrogen) atoms. The summed E-state index contributed by atoms with van der Waals surface area (Å²) < 4.78 is 6.91. The van der Waals surface area contributed by atoms with Crippen LogP contribution < -0.4 is 11.2 Å². The third-order valence-corrected chi connectivity index (χ3v) is 4.00. The van der Waals surface area contributed by atoms with E-state index >= 15 is 0 Å². The van der Waals surface area contributed by atoms with E-state index in [9.17, 15) is 4.79 Å². The Morgan fingerprint density at radius 3 is 2.95 bits per heavy atom. The standard InChI is InChI=1S/C13H23N5O2S/c1-9(2)20-7-3-6-15-11(19)8-21-13-17-16-12(18(13)14)10-4-5-10/h9-10H,3-8,14H2,1-2H3,(H,15,19). The van der Waals surface area contributed by atoms with E-state index in [0.717, 1.165) is 25.1 Å². The van der Waals surface area contributed by atoms with Crippen molar-refractivity contribution in [3.05, 3.63) is 5.82 Å². The van der Waals surface area contributed by atoms with Gasteiger partial charge in [-0.05, 0) is 33.1 Å². The van der Waals surface area contributed by atoms with Crippen LogP contribution in [0.3, 0.4) is 0 Å². The van der Waals surface area contributed by atoms with Crippen LogP contribution in [0.25, 0.3) is 0 Å². The maximum Gasteiger partial charge on any atom is 0.230 e. The normalized spacial score (nSPS) is 14.6. The summed E-state index contributed by atoms with van der Waals surface area (Å²) in [4.78, 5) is 11.7. The van der Waals surface area contributed by atoms with E-state index in [1.165, 1.54) is 16.4 Å². The lowest BCUT2D eigenvalue weighted by atomic mass is 10.4. The van der Waals surface area contributed by atoms with Gasteiger partial charge in [-0.15, -0.1) is 10.2 Å². The van der Waals surface area contributed by atoms with Crippen molar-refractivity contribution < 1.29 is 9.53 Å². The van der Waals surface area contributed by atoms with Gasteiger partial charge in [-0.1, -0.05) is 11.8 Å². The highest BCUT2D eigenvalue weighted by Gasteiger charge is 2.29. The molecule has 0 spiro atoms. The third-order valence-electron chi connectivity index (χ3n) is 3.06. The van der Waals surface area contributed by atoms with Crippen molar-refractivity contribution in [2.75, 3.05) is 24.7 Å². The molecule has 118 valence electrons. The molecule has 1 heterocycles. The fourth-order valence-corrected chi connectivity index (χ4v) is 2.50. The molecular weight excluding hydrogens is 290 g/mol. The Balaban J connectivity index is 1.62. The fourth-order valence-electron chi connectivity index (χ4n) is 1.81. The molecule has 0 saturated heterocycles. The van der Waals surface area contributed by atoms with Crippen LogP contribution in [-0.2, 0) is 9.53 Å². The lowest BCUT2D eigenvalue weighted by molar-refractivity contribution is -0.118. The van der Waals surface area contributed by atoms with Crippen molar-refractivity contribution in [2.45, 2.75) is 50.3 Å². The molecule has 0 atom stereocenters. The number of carbonyl (C=O) groups excluding carboxylic acids is 1. The van der Waals surface area contributed by atoms with E-state index < -0.39 is 0 Å². The summed E-state index contributed by atoms with van der Waals surface area (Å²) in [5.41, 5.74) is 0. The van der Waals surface area contributed by atoms with E-state index in [-0.39, 0.29) is 12.0 Å². The molecule has 0 radical (unpaired) electrons. The summed E-state index contributed by atoms with van der Waals surface area (Å²) in [6.07, 6.45) is 3.29. The topological polar surface area (TPSA) is 95.1 Å².